The molecule has 0 saturated carbocycles. The van der Waals surface area contributed by atoms with Crippen molar-refractivity contribution in [3.05, 3.63) is 51.7 Å². The molecule has 3 nitrogen and oxygen atoms in total. The van der Waals surface area contributed by atoms with Crippen molar-refractivity contribution in [3.8, 4) is 5.75 Å². The molecule has 1 atom stereocenters. The molecule has 4 heteroatoms. The third-order valence-electron chi connectivity index (χ3n) is 3.33. The second kappa shape index (κ2) is 5.15. The second-order valence-electron chi connectivity index (χ2n) is 4.60. The number of Topliss-reactive ketones (excluding diaryl/α,β-unsaturated/α-hetero) is 1. The van der Waals surface area contributed by atoms with E-state index in [2.05, 4.69) is 0 Å². The van der Waals surface area contributed by atoms with E-state index < -0.39 is 6.04 Å². The summed E-state index contributed by atoms with van der Waals surface area (Å²) in [7, 11) is 0. The number of ether oxygens (including phenoxy) is 1. The number of thiophene rings is 1. The smallest absolute Gasteiger partial charge is 0.188 e. The van der Waals surface area contributed by atoms with Gasteiger partial charge in [0.2, 0.25) is 0 Å². The quantitative estimate of drug-likeness (QED) is 0.875. The van der Waals surface area contributed by atoms with Crippen LogP contribution in [0.5, 0.6) is 5.75 Å². The lowest BCUT2D eigenvalue weighted by atomic mass is 9.97. The van der Waals surface area contributed by atoms with Gasteiger partial charge in [0.05, 0.1) is 12.2 Å². The van der Waals surface area contributed by atoms with Gasteiger partial charge in [-0.15, -0.1) is 11.3 Å². The van der Waals surface area contributed by atoms with E-state index in [0.717, 1.165) is 29.0 Å². The maximum absolute atomic E-state index is 12.5. The minimum absolute atomic E-state index is 0.0683. The zero-order valence-electron chi connectivity index (χ0n) is 10.5. The summed E-state index contributed by atoms with van der Waals surface area (Å²) < 4.78 is 5.67. The molecule has 0 aliphatic carbocycles. The molecule has 1 aromatic carbocycles. The van der Waals surface area contributed by atoms with Gasteiger partial charge >= 0.3 is 0 Å². The molecule has 1 aliphatic heterocycles. The Balaban J connectivity index is 1.96. The fourth-order valence-corrected chi connectivity index (χ4v) is 3.07. The molecule has 0 bridgehead atoms. The lowest BCUT2D eigenvalue weighted by molar-refractivity contribution is 0.0957. The molecule has 2 heterocycles. The summed E-state index contributed by atoms with van der Waals surface area (Å²) in [5, 5.41) is 1.93. The summed E-state index contributed by atoms with van der Waals surface area (Å²) in [6.07, 6.45) is 1.96. The Morgan fingerprint density at radius 3 is 3.00 bits per heavy atom. The van der Waals surface area contributed by atoms with Crippen molar-refractivity contribution in [1.29, 1.82) is 0 Å². The first kappa shape index (κ1) is 12.4. The highest BCUT2D eigenvalue weighted by molar-refractivity contribution is 7.10. The number of nitrogens with two attached hydrogens (primary N) is 1. The number of benzene rings is 1. The predicted octanol–water partition coefficient (Wildman–Crippen LogP) is 2.96. The van der Waals surface area contributed by atoms with Gasteiger partial charge in [-0.25, -0.2) is 0 Å². The average Bonchev–Trinajstić information content (AvgIpc) is 2.99. The lowest BCUT2D eigenvalue weighted by Gasteiger charge is -2.20. The van der Waals surface area contributed by atoms with E-state index in [-0.39, 0.29) is 5.78 Å². The molecular formula is C15H15NO2S. The Morgan fingerprint density at radius 2 is 2.21 bits per heavy atom. The van der Waals surface area contributed by atoms with Crippen molar-refractivity contribution in [1.82, 2.24) is 0 Å². The molecule has 1 aliphatic rings. The molecular weight excluding hydrogens is 258 g/mol. The summed E-state index contributed by atoms with van der Waals surface area (Å²) in [6.45, 7) is 0.672. The van der Waals surface area contributed by atoms with Gasteiger partial charge in [-0.1, -0.05) is 18.2 Å². The van der Waals surface area contributed by atoms with Crippen LogP contribution in [0.3, 0.4) is 0 Å². The first-order valence-electron chi connectivity index (χ1n) is 6.35. The average molecular weight is 273 g/mol. The normalized spacial score (nSPS) is 15.4. The van der Waals surface area contributed by atoms with Crippen LogP contribution < -0.4 is 10.5 Å². The van der Waals surface area contributed by atoms with E-state index in [4.69, 9.17) is 10.5 Å². The van der Waals surface area contributed by atoms with Crippen molar-refractivity contribution in [2.24, 2.45) is 5.73 Å². The number of aryl methyl sites for hydroxylation is 1. The SMILES string of the molecule is NC(C(=O)c1cccc2c1OCCC2)c1cccs1. The number of rotatable bonds is 3. The van der Waals surface area contributed by atoms with Crippen molar-refractivity contribution < 1.29 is 9.53 Å². The molecule has 0 spiro atoms. The first-order chi connectivity index (χ1) is 9.27. The van der Waals surface area contributed by atoms with Crippen LogP contribution in [0.2, 0.25) is 0 Å². The fourth-order valence-electron chi connectivity index (χ4n) is 2.35. The highest BCUT2D eigenvalue weighted by atomic mass is 32.1. The van der Waals surface area contributed by atoms with Gasteiger partial charge in [0, 0.05) is 4.88 Å². The maximum Gasteiger partial charge on any atom is 0.188 e. The van der Waals surface area contributed by atoms with Crippen LogP contribution in [-0.4, -0.2) is 12.4 Å². The minimum Gasteiger partial charge on any atom is -0.493 e. The molecule has 19 heavy (non-hydrogen) atoms. The third-order valence-corrected chi connectivity index (χ3v) is 4.29. The number of carbonyl (C=O) groups excluding carboxylic acids is 1. The predicted molar refractivity (Wildman–Crippen MR) is 75.8 cm³/mol. The topological polar surface area (TPSA) is 52.3 Å². The van der Waals surface area contributed by atoms with Crippen LogP contribution in [0.25, 0.3) is 0 Å². The Morgan fingerprint density at radius 1 is 1.32 bits per heavy atom. The number of hydrogen-bond acceptors (Lipinski definition) is 4. The summed E-state index contributed by atoms with van der Waals surface area (Å²) in [5.41, 5.74) is 7.77. The molecule has 98 valence electrons. The van der Waals surface area contributed by atoms with Crippen LogP contribution in [-0.2, 0) is 6.42 Å². The van der Waals surface area contributed by atoms with Gasteiger partial charge in [0.15, 0.2) is 5.78 Å². The molecule has 0 radical (unpaired) electrons. The Bertz CT molecular complexity index is 592. The summed E-state index contributed by atoms with van der Waals surface area (Å²) >= 11 is 1.50. The third kappa shape index (κ3) is 2.29. The molecule has 1 aromatic heterocycles. The van der Waals surface area contributed by atoms with Gasteiger partial charge in [-0.05, 0) is 35.9 Å². The Hall–Kier alpha value is -1.65. The van der Waals surface area contributed by atoms with Gasteiger partial charge in [0.1, 0.15) is 11.8 Å². The zero-order chi connectivity index (χ0) is 13.2. The van der Waals surface area contributed by atoms with Gasteiger partial charge in [-0.3, -0.25) is 4.79 Å². The number of carbonyl (C=O) groups is 1. The van der Waals surface area contributed by atoms with Crippen molar-refractivity contribution >= 4 is 17.1 Å². The van der Waals surface area contributed by atoms with Gasteiger partial charge in [-0.2, -0.15) is 0 Å². The van der Waals surface area contributed by atoms with E-state index in [1.807, 2.05) is 29.6 Å². The van der Waals surface area contributed by atoms with Crippen LogP contribution >= 0.6 is 11.3 Å². The monoisotopic (exact) mass is 273 g/mol. The number of para-hydroxylation sites is 1. The van der Waals surface area contributed by atoms with Crippen molar-refractivity contribution in [2.45, 2.75) is 18.9 Å². The Kier molecular flexibility index (Phi) is 3.36. The largest absolute Gasteiger partial charge is 0.493 e. The van der Waals surface area contributed by atoms with Crippen molar-refractivity contribution in [2.75, 3.05) is 6.61 Å². The summed E-state index contributed by atoms with van der Waals surface area (Å²) in [4.78, 5) is 13.4. The van der Waals surface area contributed by atoms with Crippen LogP contribution in [0.15, 0.2) is 35.7 Å². The van der Waals surface area contributed by atoms with E-state index in [1.54, 1.807) is 6.07 Å². The number of hydrogen-bond donors (Lipinski definition) is 1. The zero-order valence-corrected chi connectivity index (χ0v) is 11.3. The van der Waals surface area contributed by atoms with E-state index in [9.17, 15) is 4.79 Å². The molecule has 2 aromatic rings. The highest BCUT2D eigenvalue weighted by Gasteiger charge is 2.24. The number of fused-ring (bicyclic) bond motifs is 1. The summed E-state index contributed by atoms with van der Waals surface area (Å²) in [6, 6.07) is 8.93. The molecule has 1 unspecified atom stereocenters. The van der Waals surface area contributed by atoms with E-state index in [0.29, 0.717) is 12.2 Å². The molecule has 2 N–H and O–H groups in total. The van der Waals surface area contributed by atoms with Crippen LogP contribution in [0.4, 0.5) is 0 Å². The lowest BCUT2D eigenvalue weighted by Crippen LogP contribution is -2.22. The standard InChI is InChI=1S/C15H15NO2S/c16-13(12-7-3-9-19-12)14(17)11-6-1-4-10-5-2-8-18-15(10)11/h1,3-4,6-7,9,13H,2,5,8,16H2. The van der Waals surface area contributed by atoms with Gasteiger partial charge in [0.25, 0.3) is 0 Å². The molecule has 0 fully saturated rings. The van der Waals surface area contributed by atoms with Crippen LogP contribution in [0, 0.1) is 0 Å². The summed E-state index contributed by atoms with van der Waals surface area (Å²) in [5.74, 6) is 0.659. The van der Waals surface area contributed by atoms with E-state index in [1.165, 1.54) is 11.3 Å². The number of ketones is 1. The van der Waals surface area contributed by atoms with Gasteiger partial charge < -0.3 is 10.5 Å². The fraction of sp³-hybridized carbons (Fsp3) is 0.267. The van der Waals surface area contributed by atoms with Crippen LogP contribution in [0.1, 0.15) is 33.3 Å². The second-order valence-corrected chi connectivity index (χ2v) is 5.58. The van der Waals surface area contributed by atoms with Crippen molar-refractivity contribution in [3.63, 3.8) is 0 Å². The first-order valence-corrected chi connectivity index (χ1v) is 7.23. The molecule has 3 rings (SSSR count). The molecule has 0 amide bonds. The van der Waals surface area contributed by atoms with E-state index >= 15 is 0 Å². The maximum atomic E-state index is 12.5. The Labute approximate surface area is 116 Å². The minimum atomic E-state index is -0.600. The highest BCUT2D eigenvalue weighted by Crippen LogP contribution is 2.32. The molecule has 0 saturated heterocycles.